The van der Waals surface area contributed by atoms with Crippen LogP contribution >= 0.6 is 12.4 Å². The van der Waals surface area contributed by atoms with Gasteiger partial charge in [-0.05, 0) is 56.7 Å². The second-order valence-corrected chi connectivity index (χ2v) is 7.76. The maximum Gasteiger partial charge on any atom is 0.234 e. The first-order valence-electron chi connectivity index (χ1n) is 10.1. The first kappa shape index (κ1) is 22.3. The number of phenols is 1. The lowest BCUT2D eigenvalue weighted by Gasteiger charge is -2.37. The van der Waals surface area contributed by atoms with Gasteiger partial charge in [-0.3, -0.25) is 9.69 Å². The number of amides is 1. The minimum absolute atomic E-state index is 0. The fourth-order valence-electron chi connectivity index (χ4n) is 4.23. The molecule has 1 amide bonds. The van der Waals surface area contributed by atoms with Gasteiger partial charge in [0.25, 0.3) is 0 Å². The SMILES string of the molecule is Cl.N#CCC(=O)NC1CCC(CCN2CCN(c3cccc(O)c3)CC2)CC1. The third kappa shape index (κ3) is 6.57. The van der Waals surface area contributed by atoms with E-state index in [1.165, 1.54) is 19.3 Å². The summed E-state index contributed by atoms with van der Waals surface area (Å²) in [5.41, 5.74) is 1.10. The quantitative estimate of drug-likeness (QED) is 0.759. The van der Waals surface area contributed by atoms with Gasteiger partial charge in [0.05, 0.1) is 6.07 Å². The highest BCUT2D eigenvalue weighted by Crippen LogP contribution is 2.27. The molecular weight excluding hydrogens is 376 g/mol. The Balaban J connectivity index is 0.00000280. The van der Waals surface area contributed by atoms with Gasteiger partial charge in [-0.15, -0.1) is 12.4 Å². The van der Waals surface area contributed by atoms with Gasteiger partial charge in [-0.25, -0.2) is 0 Å². The number of anilines is 1. The van der Waals surface area contributed by atoms with Gasteiger partial charge in [0.15, 0.2) is 0 Å². The largest absolute Gasteiger partial charge is 0.508 e. The Kier molecular flexibility index (Phi) is 8.88. The van der Waals surface area contributed by atoms with Crippen LogP contribution in [0.5, 0.6) is 5.75 Å². The number of hydrogen-bond donors (Lipinski definition) is 2. The molecule has 0 bridgehead atoms. The maximum atomic E-state index is 11.5. The number of hydrogen-bond acceptors (Lipinski definition) is 5. The van der Waals surface area contributed by atoms with Crippen molar-refractivity contribution in [1.82, 2.24) is 10.2 Å². The summed E-state index contributed by atoms with van der Waals surface area (Å²) in [4.78, 5) is 16.4. The maximum absolute atomic E-state index is 11.5. The minimum Gasteiger partial charge on any atom is -0.508 e. The Morgan fingerprint density at radius 3 is 2.54 bits per heavy atom. The minimum atomic E-state index is -0.134. The van der Waals surface area contributed by atoms with Crippen LogP contribution in [0.4, 0.5) is 5.69 Å². The van der Waals surface area contributed by atoms with Crippen LogP contribution in [0.2, 0.25) is 0 Å². The molecule has 0 radical (unpaired) electrons. The number of nitrogens with one attached hydrogen (secondary N) is 1. The molecule has 6 nitrogen and oxygen atoms in total. The van der Waals surface area contributed by atoms with E-state index in [-0.39, 0.29) is 30.8 Å². The van der Waals surface area contributed by atoms with Gasteiger partial charge < -0.3 is 15.3 Å². The summed E-state index contributed by atoms with van der Waals surface area (Å²) in [6.07, 6.45) is 5.60. The topological polar surface area (TPSA) is 79.6 Å². The van der Waals surface area contributed by atoms with Crippen molar-refractivity contribution in [1.29, 1.82) is 5.26 Å². The van der Waals surface area contributed by atoms with E-state index in [1.807, 2.05) is 18.2 Å². The van der Waals surface area contributed by atoms with Crippen molar-refractivity contribution in [3.8, 4) is 11.8 Å². The van der Waals surface area contributed by atoms with Gasteiger partial charge in [0, 0.05) is 44.0 Å². The monoisotopic (exact) mass is 406 g/mol. The first-order chi connectivity index (χ1) is 13.1. The number of nitrogens with zero attached hydrogens (tertiary/aromatic N) is 3. The molecule has 1 saturated heterocycles. The molecule has 154 valence electrons. The number of nitriles is 1. The van der Waals surface area contributed by atoms with Crippen LogP contribution in [-0.2, 0) is 4.79 Å². The summed E-state index contributed by atoms with van der Waals surface area (Å²) in [5.74, 6) is 0.943. The van der Waals surface area contributed by atoms with Crippen LogP contribution in [0.15, 0.2) is 24.3 Å². The Morgan fingerprint density at radius 2 is 1.89 bits per heavy atom. The van der Waals surface area contributed by atoms with Gasteiger partial charge >= 0.3 is 0 Å². The van der Waals surface area contributed by atoms with Crippen molar-refractivity contribution < 1.29 is 9.90 Å². The summed E-state index contributed by atoms with van der Waals surface area (Å²) in [6.45, 7) is 5.27. The molecule has 1 aromatic rings. The standard InChI is InChI=1S/C21H30N4O2.ClH/c22-10-8-21(27)23-18-6-4-17(5-7-18)9-11-24-12-14-25(15-13-24)19-2-1-3-20(26)16-19;/h1-3,16-18,26H,4-9,11-15H2,(H,23,27);1H. The molecule has 2 fully saturated rings. The van der Waals surface area contributed by atoms with Crippen molar-refractivity contribution in [2.45, 2.75) is 44.6 Å². The van der Waals surface area contributed by atoms with Crippen LogP contribution in [0.3, 0.4) is 0 Å². The van der Waals surface area contributed by atoms with Crippen molar-refractivity contribution in [3.63, 3.8) is 0 Å². The number of halogens is 1. The molecule has 1 aromatic carbocycles. The second kappa shape index (κ2) is 11.1. The number of rotatable bonds is 6. The summed E-state index contributed by atoms with van der Waals surface area (Å²) in [7, 11) is 0. The number of benzene rings is 1. The zero-order chi connectivity index (χ0) is 19.1. The van der Waals surface area contributed by atoms with E-state index in [1.54, 1.807) is 6.07 Å². The molecule has 1 aliphatic heterocycles. The summed E-state index contributed by atoms with van der Waals surface area (Å²) >= 11 is 0. The summed E-state index contributed by atoms with van der Waals surface area (Å²) in [5, 5.41) is 21.2. The van der Waals surface area contributed by atoms with E-state index in [2.05, 4.69) is 21.2 Å². The molecule has 1 heterocycles. The normalized spacial score (nSPS) is 22.8. The Bertz CT molecular complexity index is 663. The predicted octanol–water partition coefficient (Wildman–Crippen LogP) is 2.91. The highest BCUT2D eigenvalue weighted by atomic mass is 35.5. The Morgan fingerprint density at radius 1 is 1.18 bits per heavy atom. The van der Waals surface area contributed by atoms with Crippen LogP contribution in [0.25, 0.3) is 0 Å². The Hall–Kier alpha value is -1.97. The predicted molar refractivity (Wildman–Crippen MR) is 113 cm³/mol. The smallest absolute Gasteiger partial charge is 0.234 e. The summed E-state index contributed by atoms with van der Waals surface area (Å²) in [6, 6.07) is 9.67. The lowest BCUT2D eigenvalue weighted by Crippen LogP contribution is -2.47. The molecule has 3 rings (SSSR count). The number of carbonyl (C=O) groups is 1. The van der Waals surface area contributed by atoms with Gasteiger partial charge in [0.1, 0.15) is 12.2 Å². The zero-order valence-corrected chi connectivity index (χ0v) is 17.2. The third-order valence-corrected chi connectivity index (χ3v) is 5.87. The van der Waals surface area contributed by atoms with Gasteiger partial charge in [-0.1, -0.05) is 6.07 Å². The van der Waals surface area contributed by atoms with Crippen LogP contribution < -0.4 is 10.2 Å². The molecule has 0 unspecified atom stereocenters. The number of aromatic hydroxyl groups is 1. The number of carbonyl (C=O) groups excluding carboxylic acids is 1. The second-order valence-electron chi connectivity index (χ2n) is 7.76. The third-order valence-electron chi connectivity index (χ3n) is 5.87. The van der Waals surface area contributed by atoms with Crippen LogP contribution in [0.1, 0.15) is 38.5 Å². The molecule has 1 saturated carbocycles. The molecule has 7 heteroatoms. The molecule has 2 N–H and O–H groups in total. The zero-order valence-electron chi connectivity index (χ0n) is 16.3. The highest BCUT2D eigenvalue weighted by molar-refractivity contribution is 5.85. The van der Waals surface area contributed by atoms with Crippen molar-refractivity contribution in [2.75, 3.05) is 37.6 Å². The molecular formula is C21H31ClN4O2. The molecule has 1 aliphatic carbocycles. The lowest BCUT2D eigenvalue weighted by molar-refractivity contribution is -0.121. The van der Waals surface area contributed by atoms with Gasteiger partial charge in [-0.2, -0.15) is 5.26 Å². The first-order valence-corrected chi connectivity index (χ1v) is 10.1. The van der Waals surface area contributed by atoms with Crippen LogP contribution in [0, 0.1) is 17.2 Å². The van der Waals surface area contributed by atoms with Crippen molar-refractivity contribution in [2.24, 2.45) is 5.92 Å². The molecule has 0 aromatic heterocycles. The number of phenolic OH excluding ortho intramolecular Hbond substituents is 1. The molecule has 0 atom stereocenters. The lowest BCUT2D eigenvalue weighted by atomic mass is 9.84. The van der Waals surface area contributed by atoms with E-state index in [4.69, 9.17) is 5.26 Å². The van der Waals surface area contributed by atoms with Crippen molar-refractivity contribution in [3.05, 3.63) is 24.3 Å². The van der Waals surface area contributed by atoms with E-state index in [0.717, 1.165) is 57.2 Å². The van der Waals surface area contributed by atoms with E-state index in [0.29, 0.717) is 5.75 Å². The van der Waals surface area contributed by atoms with E-state index >= 15 is 0 Å². The van der Waals surface area contributed by atoms with Crippen molar-refractivity contribution >= 4 is 24.0 Å². The van der Waals surface area contributed by atoms with Crippen LogP contribution in [-0.4, -0.2) is 54.7 Å². The average molecular weight is 407 g/mol. The van der Waals surface area contributed by atoms with E-state index in [9.17, 15) is 9.90 Å². The fourth-order valence-corrected chi connectivity index (χ4v) is 4.23. The number of piperazine rings is 1. The molecule has 2 aliphatic rings. The average Bonchev–Trinajstić information content (AvgIpc) is 2.68. The molecule has 0 spiro atoms. The fraction of sp³-hybridized carbons (Fsp3) is 0.619. The highest BCUT2D eigenvalue weighted by Gasteiger charge is 2.24. The van der Waals surface area contributed by atoms with E-state index < -0.39 is 0 Å². The molecule has 28 heavy (non-hydrogen) atoms. The summed E-state index contributed by atoms with van der Waals surface area (Å²) < 4.78 is 0. The van der Waals surface area contributed by atoms with Gasteiger partial charge in [0.2, 0.25) is 5.91 Å². The Labute approximate surface area is 173 Å².